The summed E-state index contributed by atoms with van der Waals surface area (Å²) in [6.07, 6.45) is 4.12. The number of amides is 1. The highest BCUT2D eigenvalue weighted by molar-refractivity contribution is 5.68. The maximum absolute atomic E-state index is 12.1. The monoisotopic (exact) mass is 312 g/mol. The predicted octanol–water partition coefficient (Wildman–Crippen LogP) is 2.79. The molecule has 2 aliphatic rings. The summed E-state index contributed by atoms with van der Waals surface area (Å²) in [7, 11) is 1.86. The standard InChI is InChI=1S/C17H32N2O3/c1-16(2,3)22-15(20)19(5)14-8-6-13(7-9-14)18-10-17(4)11-21-12-17/h13-14,18H,6-12H2,1-5H3. The van der Waals surface area contributed by atoms with Crippen LogP contribution >= 0.6 is 0 Å². The number of carbonyl (C=O) groups excluding carboxylic acids is 1. The Bertz CT molecular complexity index is 380. The first-order valence-corrected chi connectivity index (χ1v) is 8.45. The number of hydrogen-bond donors (Lipinski definition) is 1. The van der Waals surface area contributed by atoms with Crippen LogP contribution < -0.4 is 5.32 Å². The fraction of sp³-hybridized carbons (Fsp3) is 0.941. The summed E-state index contributed by atoms with van der Waals surface area (Å²) in [6.45, 7) is 10.8. The van der Waals surface area contributed by atoms with Gasteiger partial charge in [0.15, 0.2) is 0 Å². The third kappa shape index (κ3) is 4.85. The predicted molar refractivity (Wildman–Crippen MR) is 87.0 cm³/mol. The van der Waals surface area contributed by atoms with E-state index in [4.69, 9.17) is 9.47 Å². The lowest BCUT2D eigenvalue weighted by atomic mass is 9.86. The lowest BCUT2D eigenvalue weighted by molar-refractivity contribution is -0.100. The van der Waals surface area contributed by atoms with Crippen LogP contribution in [-0.4, -0.2) is 55.5 Å². The molecule has 1 N–H and O–H groups in total. The van der Waals surface area contributed by atoms with Gasteiger partial charge in [-0.3, -0.25) is 0 Å². The van der Waals surface area contributed by atoms with E-state index in [1.165, 1.54) is 0 Å². The number of nitrogens with one attached hydrogen (secondary N) is 1. The van der Waals surface area contributed by atoms with Gasteiger partial charge >= 0.3 is 6.09 Å². The van der Waals surface area contributed by atoms with Crippen molar-refractivity contribution in [2.45, 2.75) is 71.1 Å². The molecular formula is C17H32N2O3. The van der Waals surface area contributed by atoms with Gasteiger partial charge in [-0.15, -0.1) is 0 Å². The van der Waals surface area contributed by atoms with Crippen molar-refractivity contribution < 1.29 is 14.3 Å². The molecule has 2 rings (SSSR count). The van der Waals surface area contributed by atoms with Crippen LogP contribution in [0, 0.1) is 5.41 Å². The molecule has 128 valence electrons. The quantitative estimate of drug-likeness (QED) is 0.867. The zero-order valence-electron chi connectivity index (χ0n) is 14.8. The van der Waals surface area contributed by atoms with Gasteiger partial charge in [0.05, 0.1) is 13.2 Å². The molecule has 0 aromatic rings. The van der Waals surface area contributed by atoms with Crippen molar-refractivity contribution in [2.75, 3.05) is 26.8 Å². The van der Waals surface area contributed by atoms with Gasteiger partial charge in [0.2, 0.25) is 0 Å². The number of hydrogen-bond acceptors (Lipinski definition) is 4. The molecule has 0 aromatic heterocycles. The van der Waals surface area contributed by atoms with E-state index in [1.54, 1.807) is 4.90 Å². The van der Waals surface area contributed by atoms with Gasteiger partial charge in [-0.25, -0.2) is 4.79 Å². The van der Waals surface area contributed by atoms with E-state index in [0.29, 0.717) is 17.5 Å². The minimum absolute atomic E-state index is 0.206. The topological polar surface area (TPSA) is 50.8 Å². The van der Waals surface area contributed by atoms with Crippen molar-refractivity contribution in [1.82, 2.24) is 10.2 Å². The highest BCUT2D eigenvalue weighted by Gasteiger charge is 2.35. The normalized spacial score (nSPS) is 27.9. The third-order valence-corrected chi connectivity index (χ3v) is 4.64. The second kappa shape index (κ2) is 6.75. The van der Waals surface area contributed by atoms with Gasteiger partial charge < -0.3 is 19.7 Å². The molecule has 1 amide bonds. The van der Waals surface area contributed by atoms with E-state index in [9.17, 15) is 4.79 Å². The fourth-order valence-corrected chi connectivity index (χ4v) is 3.09. The van der Waals surface area contributed by atoms with Crippen LogP contribution in [0.25, 0.3) is 0 Å². The van der Waals surface area contributed by atoms with Gasteiger partial charge in [0.1, 0.15) is 5.60 Å². The molecule has 1 heterocycles. The summed E-state index contributed by atoms with van der Waals surface area (Å²) in [4.78, 5) is 13.9. The molecule has 5 nitrogen and oxygen atoms in total. The molecule has 1 aliphatic heterocycles. The molecule has 0 radical (unpaired) electrons. The van der Waals surface area contributed by atoms with Crippen molar-refractivity contribution in [2.24, 2.45) is 5.41 Å². The minimum atomic E-state index is -0.426. The van der Waals surface area contributed by atoms with Gasteiger partial charge in [0, 0.05) is 31.1 Å². The number of ether oxygens (including phenoxy) is 2. The van der Waals surface area contributed by atoms with Crippen LogP contribution in [0.2, 0.25) is 0 Å². The molecule has 0 aromatic carbocycles. The first kappa shape index (κ1) is 17.5. The largest absolute Gasteiger partial charge is 0.444 e. The highest BCUT2D eigenvalue weighted by atomic mass is 16.6. The van der Waals surface area contributed by atoms with Crippen LogP contribution in [0.4, 0.5) is 4.79 Å². The van der Waals surface area contributed by atoms with E-state index in [2.05, 4.69) is 12.2 Å². The molecular weight excluding hydrogens is 280 g/mol. The van der Waals surface area contributed by atoms with E-state index < -0.39 is 5.60 Å². The summed E-state index contributed by atoms with van der Waals surface area (Å²) in [6, 6.07) is 0.872. The zero-order chi connectivity index (χ0) is 16.4. The van der Waals surface area contributed by atoms with Crippen molar-refractivity contribution in [3.05, 3.63) is 0 Å². The Balaban J connectivity index is 1.70. The Morgan fingerprint density at radius 1 is 1.27 bits per heavy atom. The Morgan fingerprint density at radius 2 is 1.86 bits per heavy atom. The van der Waals surface area contributed by atoms with Gasteiger partial charge in [-0.1, -0.05) is 6.92 Å². The molecule has 0 spiro atoms. The molecule has 5 heteroatoms. The lowest BCUT2D eigenvalue weighted by Gasteiger charge is -2.41. The Morgan fingerprint density at radius 3 is 2.32 bits per heavy atom. The smallest absolute Gasteiger partial charge is 0.410 e. The zero-order valence-corrected chi connectivity index (χ0v) is 14.8. The van der Waals surface area contributed by atoms with Crippen molar-refractivity contribution in [1.29, 1.82) is 0 Å². The van der Waals surface area contributed by atoms with Crippen molar-refractivity contribution >= 4 is 6.09 Å². The van der Waals surface area contributed by atoms with Crippen molar-refractivity contribution in [3.63, 3.8) is 0 Å². The van der Waals surface area contributed by atoms with Gasteiger partial charge in [0.25, 0.3) is 0 Å². The minimum Gasteiger partial charge on any atom is -0.444 e. The van der Waals surface area contributed by atoms with Crippen LogP contribution in [0.1, 0.15) is 53.4 Å². The molecule has 1 saturated heterocycles. The molecule has 0 bridgehead atoms. The maximum atomic E-state index is 12.1. The number of rotatable bonds is 4. The summed E-state index contributed by atoms with van der Waals surface area (Å²) in [5, 5.41) is 3.68. The van der Waals surface area contributed by atoms with Gasteiger partial charge in [-0.05, 0) is 46.5 Å². The highest BCUT2D eigenvalue weighted by Crippen LogP contribution is 2.28. The fourth-order valence-electron chi connectivity index (χ4n) is 3.09. The van der Waals surface area contributed by atoms with Crippen LogP contribution in [-0.2, 0) is 9.47 Å². The Labute approximate surface area is 134 Å². The molecule has 0 unspecified atom stereocenters. The first-order valence-electron chi connectivity index (χ1n) is 8.45. The molecule has 1 aliphatic carbocycles. The second-order valence-electron chi connectivity index (χ2n) is 8.28. The summed E-state index contributed by atoms with van der Waals surface area (Å²) < 4.78 is 10.7. The molecule has 2 fully saturated rings. The summed E-state index contributed by atoms with van der Waals surface area (Å²) in [5.74, 6) is 0. The number of carbonyl (C=O) groups is 1. The molecule has 22 heavy (non-hydrogen) atoms. The van der Waals surface area contributed by atoms with E-state index in [-0.39, 0.29) is 6.09 Å². The SMILES string of the molecule is CN(C(=O)OC(C)(C)C)C1CCC(NCC2(C)COC2)CC1. The average molecular weight is 312 g/mol. The van der Waals surface area contributed by atoms with Crippen LogP contribution in [0.15, 0.2) is 0 Å². The lowest BCUT2D eigenvalue weighted by Crippen LogP contribution is -2.51. The van der Waals surface area contributed by atoms with E-state index in [0.717, 1.165) is 45.4 Å². The summed E-state index contributed by atoms with van der Waals surface area (Å²) >= 11 is 0. The first-order chi connectivity index (χ1) is 10.2. The van der Waals surface area contributed by atoms with Gasteiger partial charge in [-0.2, -0.15) is 0 Å². The second-order valence-corrected chi connectivity index (χ2v) is 8.28. The third-order valence-electron chi connectivity index (χ3n) is 4.64. The molecule has 0 atom stereocenters. The van der Waals surface area contributed by atoms with Crippen LogP contribution in [0.3, 0.4) is 0 Å². The summed E-state index contributed by atoms with van der Waals surface area (Å²) in [5.41, 5.74) is -0.103. The Kier molecular flexibility index (Phi) is 5.38. The average Bonchev–Trinajstić information content (AvgIpc) is 2.41. The van der Waals surface area contributed by atoms with E-state index in [1.807, 2.05) is 27.8 Å². The maximum Gasteiger partial charge on any atom is 0.410 e. The van der Waals surface area contributed by atoms with Crippen LogP contribution in [0.5, 0.6) is 0 Å². The molecule has 1 saturated carbocycles. The van der Waals surface area contributed by atoms with Crippen molar-refractivity contribution in [3.8, 4) is 0 Å². The van der Waals surface area contributed by atoms with E-state index >= 15 is 0 Å². The number of nitrogens with zero attached hydrogens (tertiary/aromatic N) is 1. The Hall–Kier alpha value is -0.810.